The Morgan fingerprint density at radius 3 is 2.41 bits per heavy atom. The predicted molar refractivity (Wildman–Crippen MR) is 102 cm³/mol. The molecule has 1 aromatic rings. The van der Waals surface area contributed by atoms with Crippen LogP contribution in [-0.4, -0.2) is 47.7 Å². The minimum Gasteiger partial charge on any atom is -0.465 e. The number of hydrogen-bond donors (Lipinski definition) is 0. The number of ether oxygens (including phenoxy) is 2. The van der Waals surface area contributed by atoms with E-state index in [-0.39, 0.29) is 17.0 Å². The van der Waals surface area contributed by atoms with Crippen LogP contribution in [0, 0.1) is 33.7 Å². The molecule has 0 aromatic heterocycles. The first-order valence-electron chi connectivity index (χ1n) is 9.07. The molecule has 1 aliphatic heterocycles. The van der Waals surface area contributed by atoms with E-state index >= 15 is 0 Å². The van der Waals surface area contributed by atoms with Gasteiger partial charge in [-0.15, -0.1) is 0 Å². The summed E-state index contributed by atoms with van der Waals surface area (Å²) in [6.07, 6.45) is 0.704. The van der Waals surface area contributed by atoms with Crippen LogP contribution in [0.1, 0.15) is 49.5 Å². The van der Waals surface area contributed by atoms with Crippen LogP contribution >= 0.6 is 0 Å². The maximum atomic E-state index is 13.7. The summed E-state index contributed by atoms with van der Waals surface area (Å²) in [6.45, 7) is 6.24. The molecule has 1 heterocycles. The molecular weight excluding hydrogens is 383 g/mol. The zero-order valence-electron chi connectivity index (χ0n) is 16.8. The molecule has 2 rings (SSSR count). The fourth-order valence-corrected chi connectivity index (χ4v) is 2.85. The molecule has 1 saturated heterocycles. The number of halogens is 1. The Morgan fingerprint density at radius 1 is 1.28 bits per heavy atom. The van der Waals surface area contributed by atoms with Gasteiger partial charge >= 0.3 is 12.1 Å². The summed E-state index contributed by atoms with van der Waals surface area (Å²) in [6, 6.07) is 1.59. The third kappa shape index (κ3) is 5.91. The first-order chi connectivity index (χ1) is 13.5. The summed E-state index contributed by atoms with van der Waals surface area (Å²) in [5.41, 5.74) is -1.65. The molecule has 1 aliphatic rings. The van der Waals surface area contributed by atoms with Crippen LogP contribution in [0.3, 0.4) is 0 Å². The fraction of sp³-hybridized carbons (Fsp3) is 0.500. The van der Waals surface area contributed by atoms with Gasteiger partial charge in [0.1, 0.15) is 17.0 Å². The predicted octanol–water partition coefficient (Wildman–Crippen LogP) is 3.52. The minimum atomic E-state index is -0.923. The quantitative estimate of drug-likeness (QED) is 0.323. The molecule has 0 unspecified atom stereocenters. The molecule has 0 aliphatic carbocycles. The summed E-state index contributed by atoms with van der Waals surface area (Å²) < 4.78 is 23.6. The summed E-state index contributed by atoms with van der Waals surface area (Å²) in [5.74, 6) is 3.62. The molecule has 0 spiro atoms. The molecular formula is C20H23FN2O6. The Kier molecular flexibility index (Phi) is 6.80. The minimum absolute atomic E-state index is 0.135. The van der Waals surface area contributed by atoms with Gasteiger partial charge in [-0.25, -0.2) is 14.0 Å². The van der Waals surface area contributed by atoms with Crippen LogP contribution in [0.5, 0.6) is 0 Å². The second-order valence-electron chi connectivity index (χ2n) is 7.61. The molecule has 0 N–H and O–H groups in total. The summed E-state index contributed by atoms with van der Waals surface area (Å²) in [4.78, 5) is 36.1. The lowest BCUT2D eigenvalue weighted by atomic mass is 9.96. The highest BCUT2D eigenvalue weighted by Gasteiger charge is 2.27. The number of likely N-dealkylation sites (tertiary alicyclic amines) is 1. The highest BCUT2D eigenvalue weighted by atomic mass is 19.1. The Hall–Kier alpha value is -3.15. The van der Waals surface area contributed by atoms with E-state index in [0.29, 0.717) is 25.9 Å². The Labute approximate surface area is 168 Å². The monoisotopic (exact) mass is 406 g/mol. The van der Waals surface area contributed by atoms with E-state index < -0.39 is 34.1 Å². The summed E-state index contributed by atoms with van der Waals surface area (Å²) >= 11 is 0. The zero-order chi connectivity index (χ0) is 21.8. The second-order valence-corrected chi connectivity index (χ2v) is 7.61. The van der Waals surface area contributed by atoms with Crippen molar-refractivity contribution >= 4 is 17.7 Å². The van der Waals surface area contributed by atoms with Crippen molar-refractivity contribution in [1.29, 1.82) is 0 Å². The van der Waals surface area contributed by atoms with Gasteiger partial charge in [-0.3, -0.25) is 10.1 Å². The van der Waals surface area contributed by atoms with E-state index in [9.17, 15) is 24.1 Å². The molecule has 0 bridgehead atoms. The lowest BCUT2D eigenvalue weighted by Gasteiger charge is -2.31. The molecule has 1 fully saturated rings. The van der Waals surface area contributed by atoms with Crippen molar-refractivity contribution in [3.05, 3.63) is 39.2 Å². The number of rotatable bonds is 2. The highest BCUT2D eigenvalue weighted by Crippen LogP contribution is 2.25. The first-order valence-corrected chi connectivity index (χ1v) is 9.07. The molecule has 1 amide bonds. The zero-order valence-corrected chi connectivity index (χ0v) is 16.8. The molecule has 0 saturated carbocycles. The van der Waals surface area contributed by atoms with Crippen molar-refractivity contribution in [2.45, 2.75) is 39.2 Å². The van der Waals surface area contributed by atoms with E-state index in [4.69, 9.17) is 4.74 Å². The van der Waals surface area contributed by atoms with Crippen molar-refractivity contribution < 1.29 is 28.4 Å². The number of carbonyl (C=O) groups is 2. The van der Waals surface area contributed by atoms with Crippen LogP contribution in [0.4, 0.5) is 14.9 Å². The van der Waals surface area contributed by atoms with Crippen LogP contribution in [0.25, 0.3) is 0 Å². The Morgan fingerprint density at radius 2 is 1.90 bits per heavy atom. The number of hydrogen-bond acceptors (Lipinski definition) is 6. The number of methoxy groups -OCH3 is 1. The lowest BCUT2D eigenvalue weighted by Crippen LogP contribution is -2.41. The number of benzene rings is 1. The van der Waals surface area contributed by atoms with Crippen molar-refractivity contribution in [3.8, 4) is 11.8 Å². The van der Waals surface area contributed by atoms with Crippen molar-refractivity contribution in [2.75, 3.05) is 20.2 Å². The molecule has 8 nitrogen and oxygen atoms in total. The largest absolute Gasteiger partial charge is 0.465 e. The number of nitro groups is 1. The van der Waals surface area contributed by atoms with Crippen molar-refractivity contribution in [3.63, 3.8) is 0 Å². The highest BCUT2D eigenvalue weighted by molar-refractivity contribution is 5.93. The van der Waals surface area contributed by atoms with Crippen molar-refractivity contribution in [2.24, 2.45) is 5.92 Å². The molecule has 0 atom stereocenters. The van der Waals surface area contributed by atoms with Crippen LogP contribution in [-0.2, 0) is 9.47 Å². The summed E-state index contributed by atoms with van der Waals surface area (Å²) in [7, 11) is 1.10. The molecule has 0 radical (unpaired) electrons. The lowest BCUT2D eigenvalue weighted by molar-refractivity contribution is -0.385. The number of nitro benzene ring substituents is 1. The third-order valence-corrected chi connectivity index (χ3v) is 4.23. The van der Waals surface area contributed by atoms with E-state index in [1.54, 1.807) is 25.7 Å². The molecule has 29 heavy (non-hydrogen) atoms. The molecule has 1 aromatic carbocycles. The maximum Gasteiger partial charge on any atom is 0.410 e. The van der Waals surface area contributed by atoms with Gasteiger partial charge in [0.2, 0.25) is 0 Å². The van der Waals surface area contributed by atoms with Gasteiger partial charge in [-0.2, -0.15) is 0 Å². The van der Waals surface area contributed by atoms with E-state index in [1.165, 1.54) is 0 Å². The number of nitrogens with zero attached hydrogens (tertiary/aromatic N) is 2. The van der Waals surface area contributed by atoms with Crippen LogP contribution in [0.2, 0.25) is 0 Å². The fourth-order valence-electron chi connectivity index (χ4n) is 2.85. The third-order valence-electron chi connectivity index (χ3n) is 4.23. The standard InChI is InChI=1S/C20H23FN2O6/c1-20(2,3)29-19(25)22-9-7-13(8-10-22)5-6-15-16(18(24)28-4)11-14(21)12-17(15)23(26)27/h11-13H,7-10H2,1-4H3. The molecule has 156 valence electrons. The van der Waals surface area contributed by atoms with E-state index in [2.05, 4.69) is 16.6 Å². The van der Waals surface area contributed by atoms with Crippen molar-refractivity contribution in [1.82, 2.24) is 4.90 Å². The number of esters is 1. The van der Waals surface area contributed by atoms with E-state index in [1.807, 2.05) is 0 Å². The second kappa shape index (κ2) is 8.90. The summed E-state index contributed by atoms with van der Waals surface area (Å²) in [5, 5.41) is 11.3. The van der Waals surface area contributed by atoms with Crippen LogP contribution in [0.15, 0.2) is 12.1 Å². The molecule has 9 heteroatoms. The van der Waals surface area contributed by atoms with Crippen LogP contribution < -0.4 is 0 Å². The number of piperidine rings is 1. The Balaban J connectivity index is 2.20. The first kappa shape index (κ1) is 22.1. The Bertz CT molecular complexity index is 873. The number of amides is 1. The normalized spacial score (nSPS) is 14.6. The van der Waals surface area contributed by atoms with Gasteiger partial charge < -0.3 is 14.4 Å². The topological polar surface area (TPSA) is 99.0 Å². The average molecular weight is 406 g/mol. The maximum absolute atomic E-state index is 13.7. The van der Waals surface area contributed by atoms with Gasteiger partial charge in [-0.05, 0) is 39.7 Å². The average Bonchev–Trinajstić information content (AvgIpc) is 2.64. The van der Waals surface area contributed by atoms with Gasteiger partial charge in [-0.1, -0.05) is 11.8 Å². The van der Waals surface area contributed by atoms with Gasteiger partial charge in [0.05, 0.1) is 23.7 Å². The smallest absolute Gasteiger partial charge is 0.410 e. The van der Waals surface area contributed by atoms with Gasteiger partial charge in [0, 0.05) is 19.0 Å². The van der Waals surface area contributed by atoms with E-state index in [0.717, 1.165) is 19.2 Å². The SMILES string of the molecule is COC(=O)c1cc(F)cc([N+](=O)[O-])c1C#CC1CCN(C(=O)OC(C)(C)C)CC1. The number of carbonyl (C=O) groups excluding carboxylic acids is 2. The van der Waals surface area contributed by atoms with Gasteiger partial charge in [0.25, 0.3) is 5.69 Å². The van der Waals surface area contributed by atoms with Gasteiger partial charge in [0.15, 0.2) is 0 Å².